The average molecular weight is 496 g/mol. The molecular weight excluding hydrogens is 462 g/mol. The van der Waals surface area contributed by atoms with E-state index < -0.39 is 5.41 Å². The number of Topliss-reactive ketones (excluding diaryl/α,β-unsaturated/α-hetero) is 1. The number of ketones is 1. The number of ether oxygens (including phenoxy) is 1. The quantitative estimate of drug-likeness (QED) is 0.557. The van der Waals surface area contributed by atoms with Gasteiger partial charge in [0.25, 0.3) is 0 Å². The Morgan fingerprint density at radius 3 is 2.80 bits per heavy atom. The molecule has 3 heterocycles. The minimum atomic E-state index is -0.768. The largest absolute Gasteiger partial charge is 0.504 e. The first-order valence-corrected chi connectivity index (χ1v) is 13.4. The van der Waals surface area contributed by atoms with Crippen molar-refractivity contribution in [2.75, 3.05) is 13.6 Å². The third-order valence-corrected chi connectivity index (χ3v) is 8.54. The molecule has 186 valence electrons. The lowest BCUT2D eigenvalue weighted by molar-refractivity contribution is -0.128. The van der Waals surface area contributed by atoms with Crippen molar-refractivity contribution in [2.45, 2.75) is 76.9 Å². The standard InChI is InChI=1S/C26H33N5O3S/c1-16(20-8-6-12-31(20)2)34-22-13-19(17-14-28-35-15-17)29-25(30-22)23(33)18-7-5-11-26(24(18)27)10-4-3-9-21(26)32/h13-16,20,27,33H,3-12H2,1-2H3/b23-18-,27-24?/t16-,20-,26+/m0/s1. The van der Waals surface area contributed by atoms with Gasteiger partial charge in [-0.2, -0.15) is 4.98 Å². The number of hydrogen-bond acceptors (Lipinski definition) is 9. The van der Waals surface area contributed by atoms with Gasteiger partial charge in [-0.05, 0) is 77.0 Å². The highest BCUT2D eigenvalue weighted by Crippen LogP contribution is 2.46. The molecule has 2 aromatic heterocycles. The first-order valence-electron chi connectivity index (χ1n) is 12.6. The van der Waals surface area contributed by atoms with Crippen LogP contribution in [0.5, 0.6) is 5.88 Å². The van der Waals surface area contributed by atoms with Gasteiger partial charge in [-0.3, -0.25) is 9.69 Å². The molecule has 1 aliphatic heterocycles. The van der Waals surface area contributed by atoms with E-state index in [4.69, 9.17) is 10.1 Å². The summed E-state index contributed by atoms with van der Waals surface area (Å²) in [7, 11) is 2.11. The summed E-state index contributed by atoms with van der Waals surface area (Å²) in [6.07, 6.45) is 8.86. The van der Waals surface area contributed by atoms with E-state index in [0.29, 0.717) is 48.9 Å². The normalized spacial score (nSPS) is 27.9. The van der Waals surface area contributed by atoms with Gasteiger partial charge in [0.15, 0.2) is 11.6 Å². The predicted octanol–water partition coefficient (Wildman–Crippen LogP) is 5.06. The molecule has 2 saturated carbocycles. The molecule has 3 atom stereocenters. The van der Waals surface area contributed by atoms with Crippen LogP contribution in [-0.4, -0.2) is 61.6 Å². The van der Waals surface area contributed by atoms with Crippen molar-refractivity contribution in [2.24, 2.45) is 5.41 Å². The second kappa shape index (κ2) is 9.78. The van der Waals surface area contributed by atoms with Crippen molar-refractivity contribution < 1.29 is 14.6 Å². The Bertz CT molecular complexity index is 1140. The van der Waals surface area contributed by atoms with Crippen LogP contribution in [0.2, 0.25) is 0 Å². The molecule has 3 fully saturated rings. The number of carbonyl (C=O) groups is 1. The third kappa shape index (κ3) is 4.51. The molecule has 8 nitrogen and oxygen atoms in total. The number of carbonyl (C=O) groups excluding carboxylic acids is 1. The topological polar surface area (TPSA) is 112 Å². The molecule has 3 aliphatic rings. The number of rotatable bonds is 5. The molecule has 0 unspecified atom stereocenters. The zero-order chi connectivity index (χ0) is 24.6. The third-order valence-electron chi connectivity index (χ3n) is 7.96. The van der Waals surface area contributed by atoms with Crippen LogP contribution in [0.25, 0.3) is 17.0 Å². The van der Waals surface area contributed by atoms with Crippen LogP contribution >= 0.6 is 11.5 Å². The zero-order valence-electron chi connectivity index (χ0n) is 20.4. The fourth-order valence-corrected chi connectivity index (χ4v) is 6.50. The molecule has 1 saturated heterocycles. The Hall–Kier alpha value is -2.65. The van der Waals surface area contributed by atoms with E-state index in [2.05, 4.69) is 26.3 Å². The molecule has 0 amide bonds. The fraction of sp³-hybridized carbons (Fsp3) is 0.577. The summed E-state index contributed by atoms with van der Waals surface area (Å²) in [5.41, 5.74) is 1.41. The Morgan fingerprint density at radius 2 is 2.09 bits per heavy atom. The summed E-state index contributed by atoms with van der Waals surface area (Å²) in [6, 6.07) is 2.09. The minimum Gasteiger partial charge on any atom is -0.504 e. The maximum atomic E-state index is 12.9. The molecule has 2 aromatic rings. The summed E-state index contributed by atoms with van der Waals surface area (Å²) >= 11 is 1.33. The van der Waals surface area contributed by atoms with Gasteiger partial charge in [-0.1, -0.05) is 6.42 Å². The van der Waals surface area contributed by atoms with E-state index in [1.54, 1.807) is 12.3 Å². The van der Waals surface area contributed by atoms with E-state index in [0.717, 1.165) is 44.2 Å². The molecule has 2 N–H and O–H groups in total. The fourth-order valence-electron chi connectivity index (χ4n) is 5.97. The Labute approximate surface area is 210 Å². The molecule has 5 rings (SSSR count). The van der Waals surface area contributed by atoms with Gasteiger partial charge in [0.1, 0.15) is 11.9 Å². The number of allylic oxidation sites excluding steroid dienone is 1. The van der Waals surface area contributed by atoms with Crippen LogP contribution in [0.1, 0.15) is 70.5 Å². The van der Waals surface area contributed by atoms with Crippen LogP contribution in [0.4, 0.5) is 0 Å². The van der Waals surface area contributed by atoms with Gasteiger partial charge >= 0.3 is 0 Å². The second-order valence-corrected chi connectivity index (χ2v) is 10.8. The highest BCUT2D eigenvalue weighted by Gasteiger charge is 2.47. The lowest BCUT2D eigenvalue weighted by atomic mass is 9.62. The van der Waals surface area contributed by atoms with Crippen molar-refractivity contribution in [1.82, 2.24) is 19.2 Å². The van der Waals surface area contributed by atoms with Gasteiger partial charge in [0.2, 0.25) is 5.88 Å². The molecule has 35 heavy (non-hydrogen) atoms. The van der Waals surface area contributed by atoms with Gasteiger partial charge in [0, 0.05) is 35.0 Å². The van der Waals surface area contributed by atoms with Crippen LogP contribution < -0.4 is 4.74 Å². The van der Waals surface area contributed by atoms with E-state index in [9.17, 15) is 9.90 Å². The first-order chi connectivity index (χ1) is 16.9. The zero-order valence-corrected chi connectivity index (χ0v) is 21.2. The number of aliphatic hydroxyl groups excluding tert-OH is 1. The Balaban J connectivity index is 1.52. The maximum absolute atomic E-state index is 12.9. The van der Waals surface area contributed by atoms with Gasteiger partial charge in [0.05, 0.1) is 23.0 Å². The van der Waals surface area contributed by atoms with Crippen LogP contribution in [-0.2, 0) is 4.79 Å². The number of likely N-dealkylation sites (N-methyl/N-ethyl adjacent to an activating group) is 1. The Morgan fingerprint density at radius 1 is 1.26 bits per heavy atom. The van der Waals surface area contributed by atoms with Gasteiger partial charge < -0.3 is 15.3 Å². The lowest BCUT2D eigenvalue weighted by Gasteiger charge is -2.40. The predicted molar refractivity (Wildman–Crippen MR) is 136 cm³/mol. The van der Waals surface area contributed by atoms with Crippen LogP contribution in [0.15, 0.2) is 23.2 Å². The van der Waals surface area contributed by atoms with Gasteiger partial charge in [-0.15, -0.1) is 0 Å². The first kappa shape index (κ1) is 24.1. The highest BCUT2D eigenvalue weighted by molar-refractivity contribution is 7.03. The highest BCUT2D eigenvalue weighted by atomic mass is 32.1. The monoisotopic (exact) mass is 495 g/mol. The van der Waals surface area contributed by atoms with E-state index in [1.165, 1.54) is 11.5 Å². The van der Waals surface area contributed by atoms with Crippen molar-refractivity contribution in [3.63, 3.8) is 0 Å². The summed E-state index contributed by atoms with van der Waals surface area (Å²) in [5, 5.41) is 22.2. The number of aromatic nitrogens is 3. The number of likely N-dealkylation sites (tertiary alicyclic amines) is 1. The average Bonchev–Trinajstić information content (AvgIpc) is 3.54. The van der Waals surface area contributed by atoms with Crippen LogP contribution in [0.3, 0.4) is 0 Å². The second-order valence-electron chi connectivity index (χ2n) is 10.1. The summed E-state index contributed by atoms with van der Waals surface area (Å²) in [6.45, 7) is 3.10. The molecule has 0 aromatic carbocycles. The summed E-state index contributed by atoms with van der Waals surface area (Å²) in [4.78, 5) is 24.4. The Kier molecular flexibility index (Phi) is 6.72. The number of nitrogens with one attached hydrogen (secondary N) is 1. The molecule has 0 bridgehead atoms. The van der Waals surface area contributed by atoms with E-state index >= 15 is 0 Å². The van der Waals surface area contributed by atoms with Crippen molar-refractivity contribution >= 4 is 28.8 Å². The van der Waals surface area contributed by atoms with Crippen LogP contribution in [0, 0.1) is 10.8 Å². The van der Waals surface area contributed by atoms with Crippen molar-refractivity contribution in [1.29, 1.82) is 5.41 Å². The van der Waals surface area contributed by atoms with E-state index in [-0.39, 0.29) is 29.2 Å². The lowest BCUT2D eigenvalue weighted by Crippen LogP contribution is -2.44. The number of aliphatic hydroxyl groups is 1. The van der Waals surface area contributed by atoms with Gasteiger partial charge in [-0.25, -0.2) is 9.36 Å². The minimum absolute atomic E-state index is 0.0791. The molecule has 9 heteroatoms. The maximum Gasteiger partial charge on any atom is 0.217 e. The van der Waals surface area contributed by atoms with Crippen molar-refractivity contribution in [3.8, 4) is 17.1 Å². The smallest absolute Gasteiger partial charge is 0.217 e. The molecule has 2 aliphatic carbocycles. The van der Waals surface area contributed by atoms with Crippen molar-refractivity contribution in [3.05, 3.63) is 29.0 Å². The molecule has 0 radical (unpaired) electrons. The summed E-state index contributed by atoms with van der Waals surface area (Å²) < 4.78 is 10.5. The summed E-state index contributed by atoms with van der Waals surface area (Å²) in [5.74, 6) is 0.543. The number of hydrogen-bond donors (Lipinski definition) is 2. The molecular formula is C26H33N5O3S. The SMILES string of the molecule is C[C@H](Oc1cc(-c2cnsc2)nc(/C(O)=C2\CCC[C@@]3(CCCCC3=O)C2=N)n1)[C@@H]1CCCN1C. The number of nitrogens with zero attached hydrogens (tertiary/aromatic N) is 4. The van der Waals surface area contributed by atoms with E-state index in [1.807, 2.05) is 12.3 Å². The molecule has 1 spiro atoms.